The number of carbonyl (C=O) groups is 4. The van der Waals surface area contributed by atoms with Crippen LogP contribution in [0.1, 0.15) is 16.8 Å². The van der Waals surface area contributed by atoms with E-state index in [1.54, 1.807) is 12.1 Å². The molecule has 2 aromatic rings. The van der Waals surface area contributed by atoms with Gasteiger partial charge >= 0.3 is 11.9 Å². The molecule has 0 aliphatic carbocycles. The van der Waals surface area contributed by atoms with Crippen LogP contribution in [0.25, 0.3) is 0 Å². The maximum absolute atomic E-state index is 12.4. The van der Waals surface area contributed by atoms with Gasteiger partial charge in [0.25, 0.3) is 11.5 Å². The number of amides is 1. The number of aromatic nitrogens is 2. The number of carbonyl (C=O) groups excluding carboxylic acids is 2. The maximum Gasteiger partial charge on any atom is 0.326 e. The number of nitrogens with zero attached hydrogens (tertiary/aromatic N) is 1. The van der Waals surface area contributed by atoms with Crippen molar-refractivity contribution in [1.82, 2.24) is 15.3 Å². The van der Waals surface area contributed by atoms with Crippen molar-refractivity contribution in [2.45, 2.75) is 18.5 Å². The highest BCUT2D eigenvalue weighted by atomic mass is 16.4. The van der Waals surface area contributed by atoms with E-state index in [9.17, 15) is 29.1 Å². The molecule has 0 bridgehead atoms. The van der Waals surface area contributed by atoms with Gasteiger partial charge in [-0.15, -0.1) is 0 Å². The normalized spacial score (nSPS) is 16.1. The Morgan fingerprint density at radius 3 is 2.53 bits per heavy atom. The molecule has 1 amide bonds. The summed E-state index contributed by atoms with van der Waals surface area (Å²) < 4.78 is 0. The highest BCUT2D eigenvalue weighted by Gasteiger charge is 2.28. The van der Waals surface area contributed by atoms with E-state index in [4.69, 9.17) is 10.8 Å². The summed E-state index contributed by atoms with van der Waals surface area (Å²) in [5.41, 5.74) is 6.23. The van der Waals surface area contributed by atoms with Crippen molar-refractivity contribution in [3.63, 3.8) is 0 Å². The number of carboxylic acid groups (broad SMARTS) is 2. The van der Waals surface area contributed by atoms with Crippen molar-refractivity contribution in [3.05, 3.63) is 40.2 Å². The van der Waals surface area contributed by atoms with Gasteiger partial charge in [0.1, 0.15) is 23.9 Å². The van der Waals surface area contributed by atoms with Crippen LogP contribution >= 0.6 is 0 Å². The standard InChI is InChI=1S/C20H23N7O7/c21-20-26-15-14(17(30)27-20)24-12(7-23-15)6-22-11-3-1-9(2-4-11)16(29)25-13(19(33)34)5-10(8-28)18(31)32/h1-4,8,10,12-13,22,24H,5-7H2,(H,25,29)(H,31,32)(H,33,34)(H4,21,23,26,27,30)/t10-,12?,13+/m1/s1. The Morgan fingerprint density at radius 1 is 1.21 bits per heavy atom. The second kappa shape index (κ2) is 10.3. The number of hydrogen-bond acceptors (Lipinski definition) is 10. The van der Waals surface area contributed by atoms with Gasteiger partial charge in [0.2, 0.25) is 5.95 Å². The minimum atomic E-state index is -1.55. The number of hydrogen-bond donors (Lipinski definition) is 8. The summed E-state index contributed by atoms with van der Waals surface area (Å²) >= 11 is 0. The van der Waals surface area contributed by atoms with Crippen LogP contribution in [-0.4, -0.2) is 69.5 Å². The number of aromatic amines is 1. The summed E-state index contributed by atoms with van der Waals surface area (Å²) in [6.45, 7) is 0.899. The number of rotatable bonds is 10. The fourth-order valence-corrected chi connectivity index (χ4v) is 3.26. The van der Waals surface area contributed by atoms with E-state index in [0.717, 1.165) is 0 Å². The lowest BCUT2D eigenvalue weighted by molar-refractivity contribution is -0.145. The van der Waals surface area contributed by atoms with Crippen molar-refractivity contribution in [1.29, 1.82) is 0 Å². The van der Waals surface area contributed by atoms with Crippen LogP contribution in [0, 0.1) is 5.92 Å². The number of H-pyrrole nitrogens is 1. The second-order valence-corrected chi connectivity index (χ2v) is 7.54. The van der Waals surface area contributed by atoms with Crippen molar-refractivity contribution in [2.75, 3.05) is 34.8 Å². The largest absolute Gasteiger partial charge is 0.481 e. The summed E-state index contributed by atoms with van der Waals surface area (Å²) in [6, 6.07) is 4.44. The summed E-state index contributed by atoms with van der Waals surface area (Å²) in [5, 5.41) is 29.7. The molecule has 180 valence electrons. The lowest BCUT2D eigenvalue weighted by Crippen LogP contribution is -2.43. The molecule has 0 saturated carbocycles. The van der Waals surface area contributed by atoms with Gasteiger partial charge < -0.3 is 42.0 Å². The molecule has 1 aliphatic rings. The van der Waals surface area contributed by atoms with E-state index >= 15 is 0 Å². The molecule has 3 atom stereocenters. The predicted molar refractivity (Wildman–Crippen MR) is 121 cm³/mol. The average molecular weight is 473 g/mol. The number of aliphatic carboxylic acids is 2. The number of nitrogens with two attached hydrogens (primary N) is 1. The smallest absolute Gasteiger partial charge is 0.326 e. The van der Waals surface area contributed by atoms with Gasteiger partial charge in [-0.1, -0.05) is 0 Å². The number of nitrogens with one attached hydrogen (secondary N) is 5. The molecule has 1 aliphatic heterocycles. The zero-order chi connectivity index (χ0) is 24.8. The average Bonchev–Trinajstić information content (AvgIpc) is 2.80. The molecule has 3 rings (SSSR count). The summed E-state index contributed by atoms with van der Waals surface area (Å²) in [6.07, 6.45) is -0.446. The summed E-state index contributed by atoms with van der Waals surface area (Å²) in [7, 11) is 0. The Balaban J connectivity index is 1.56. The monoisotopic (exact) mass is 473 g/mol. The SMILES string of the molecule is Nc1nc2c(c(=O)[nH]1)NC(CNc1ccc(C(=O)N[C@@H](C[C@H](C=O)C(=O)O)C(=O)O)cc1)CN2. The van der Waals surface area contributed by atoms with Crippen LogP contribution in [0.4, 0.5) is 23.1 Å². The van der Waals surface area contributed by atoms with Crippen molar-refractivity contribution in [2.24, 2.45) is 5.92 Å². The molecule has 1 aromatic heterocycles. The summed E-state index contributed by atoms with van der Waals surface area (Å²) in [4.78, 5) is 64.0. The van der Waals surface area contributed by atoms with Gasteiger partial charge in [-0.05, 0) is 30.7 Å². The van der Waals surface area contributed by atoms with E-state index in [0.29, 0.717) is 24.6 Å². The Hall–Kier alpha value is -4.62. The van der Waals surface area contributed by atoms with Gasteiger partial charge in [0.05, 0.1) is 6.04 Å². The number of fused-ring (bicyclic) bond motifs is 1. The second-order valence-electron chi connectivity index (χ2n) is 7.54. The third kappa shape index (κ3) is 5.79. The Kier molecular flexibility index (Phi) is 7.30. The zero-order valence-electron chi connectivity index (χ0n) is 17.7. The maximum atomic E-state index is 12.4. The topological polar surface area (TPSA) is 229 Å². The number of aldehydes is 1. The fourth-order valence-electron chi connectivity index (χ4n) is 3.26. The summed E-state index contributed by atoms with van der Waals surface area (Å²) in [5.74, 6) is -4.82. The molecule has 14 heteroatoms. The Labute approximate surface area is 192 Å². The molecule has 1 unspecified atom stereocenters. The molecule has 34 heavy (non-hydrogen) atoms. The minimum Gasteiger partial charge on any atom is -0.481 e. The molecule has 14 nitrogen and oxygen atoms in total. The van der Waals surface area contributed by atoms with Crippen LogP contribution in [0.3, 0.4) is 0 Å². The number of benzene rings is 1. The molecular formula is C20H23N7O7. The van der Waals surface area contributed by atoms with Gasteiger partial charge in [0, 0.05) is 24.3 Å². The fraction of sp³-hybridized carbons (Fsp3) is 0.300. The quantitative estimate of drug-likeness (QED) is 0.156. The van der Waals surface area contributed by atoms with Crippen LogP contribution in [0.15, 0.2) is 29.1 Å². The lowest BCUT2D eigenvalue weighted by Gasteiger charge is -2.27. The Bertz CT molecular complexity index is 1150. The van der Waals surface area contributed by atoms with E-state index in [1.165, 1.54) is 12.1 Å². The molecule has 0 spiro atoms. The molecule has 0 saturated heterocycles. The van der Waals surface area contributed by atoms with E-state index in [-0.39, 0.29) is 29.5 Å². The van der Waals surface area contributed by atoms with E-state index in [2.05, 4.69) is 31.2 Å². The van der Waals surface area contributed by atoms with E-state index < -0.39 is 41.8 Å². The van der Waals surface area contributed by atoms with Crippen molar-refractivity contribution in [3.8, 4) is 0 Å². The van der Waals surface area contributed by atoms with Crippen LogP contribution in [0.2, 0.25) is 0 Å². The van der Waals surface area contributed by atoms with Gasteiger partial charge in [-0.3, -0.25) is 19.4 Å². The number of carboxylic acids is 2. The minimum absolute atomic E-state index is 0.0128. The molecule has 0 radical (unpaired) electrons. The third-order valence-corrected chi connectivity index (χ3v) is 5.08. The predicted octanol–water partition coefficient (Wildman–Crippen LogP) is -0.857. The lowest BCUT2D eigenvalue weighted by atomic mass is 10.0. The first-order chi connectivity index (χ1) is 16.2. The van der Waals surface area contributed by atoms with Crippen molar-refractivity contribution < 1.29 is 29.4 Å². The molecule has 9 N–H and O–H groups in total. The van der Waals surface area contributed by atoms with Crippen LogP contribution in [0.5, 0.6) is 0 Å². The van der Waals surface area contributed by atoms with Crippen molar-refractivity contribution >= 4 is 47.3 Å². The molecule has 1 aromatic carbocycles. The van der Waals surface area contributed by atoms with Crippen LogP contribution < -0.4 is 32.6 Å². The highest BCUT2D eigenvalue weighted by molar-refractivity contribution is 5.97. The molecular weight excluding hydrogens is 450 g/mol. The first kappa shape index (κ1) is 24.0. The molecule has 2 heterocycles. The zero-order valence-corrected chi connectivity index (χ0v) is 17.7. The number of anilines is 4. The third-order valence-electron chi connectivity index (χ3n) is 5.08. The van der Waals surface area contributed by atoms with Gasteiger partial charge in [-0.2, -0.15) is 4.98 Å². The first-order valence-electron chi connectivity index (χ1n) is 10.1. The van der Waals surface area contributed by atoms with Crippen LogP contribution in [-0.2, 0) is 14.4 Å². The molecule has 0 fully saturated rings. The number of nitrogen functional groups attached to an aromatic ring is 1. The van der Waals surface area contributed by atoms with E-state index in [1.807, 2.05) is 0 Å². The highest BCUT2D eigenvalue weighted by Crippen LogP contribution is 2.20. The van der Waals surface area contributed by atoms with Gasteiger partial charge in [-0.25, -0.2) is 4.79 Å². The van der Waals surface area contributed by atoms with Gasteiger partial charge in [0.15, 0.2) is 5.82 Å². The Morgan fingerprint density at radius 2 is 1.91 bits per heavy atom. The first-order valence-corrected chi connectivity index (χ1v) is 10.1.